The fourth-order valence-corrected chi connectivity index (χ4v) is 1.72. The molecule has 0 aliphatic heterocycles. The number of anilines is 2. The van der Waals surface area contributed by atoms with E-state index in [1.165, 1.54) is 12.1 Å². The van der Waals surface area contributed by atoms with E-state index in [9.17, 15) is 4.39 Å². The van der Waals surface area contributed by atoms with Crippen molar-refractivity contribution in [3.63, 3.8) is 0 Å². The van der Waals surface area contributed by atoms with Crippen molar-refractivity contribution in [1.29, 1.82) is 0 Å². The van der Waals surface area contributed by atoms with Crippen molar-refractivity contribution in [2.24, 2.45) is 0 Å². The number of hydrogen-bond donors (Lipinski definition) is 1. The van der Waals surface area contributed by atoms with Crippen molar-refractivity contribution >= 4 is 39.0 Å². The van der Waals surface area contributed by atoms with E-state index in [1.54, 1.807) is 6.07 Å². The molecule has 0 amide bonds. The topological polar surface area (TPSA) is 24.9 Å². The summed E-state index contributed by atoms with van der Waals surface area (Å²) in [5.41, 5.74) is 0.692. The van der Waals surface area contributed by atoms with Gasteiger partial charge >= 0.3 is 0 Å². The Balaban J connectivity index is 2.24. The Morgan fingerprint density at radius 2 is 2.06 bits per heavy atom. The monoisotopic (exact) mass is 300 g/mol. The minimum atomic E-state index is -0.436. The first kappa shape index (κ1) is 11.4. The van der Waals surface area contributed by atoms with Crippen molar-refractivity contribution in [1.82, 2.24) is 4.98 Å². The molecule has 2 aromatic rings. The van der Waals surface area contributed by atoms with Crippen LogP contribution in [0.5, 0.6) is 0 Å². The molecule has 82 valence electrons. The lowest BCUT2D eigenvalue weighted by molar-refractivity contribution is 0.628. The molecule has 0 saturated carbocycles. The number of hydrogen-bond acceptors (Lipinski definition) is 2. The van der Waals surface area contributed by atoms with E-state index in [2.05, 4.69) is 26.2 Å². The molecule has 0 bridgehead atoms. The van der Waals surface area contributed by atoms with Crippen LogP contribution < -0.4 is 5.32 Å². The predicted molar refractivity (Wildman–Crippen MR) is 66.6 cm³/mol. The van der Waals surface area contributed by atoms with E-state index in [0.717, 1.165) is 4.60 Å². The molecule has 0 radical (unpaired) electrons. The maximum Gasteiger partial charge on any atom is 0.141 e. The highest BCUT2D eigenvalue weighted by Crippen LogP contribution is 2.22. The minimum Gasteiger partial charge on any atom is -0.340 e. The summed E-state index contributed by atoms with van der Waals surface area (Å²) in [6, 6.07) is 9.90. The molecule has 0 saturated heterocycles. The average Bonchev–Trinajstić information content (AvgIpc) is 2.24. The summed E-state index contributed by atoms with van der Waals surface area (Å²) in [6.45, 7) is 0. The van der Waals surface area contributed by atoms with Gasteiger partial charge in [-0.2, -0.15) is 0 Å². The van der Waals surface area contributed by atoms with Crippen LogP contribution in [0.15, 0.2) is 41.0 Å². The number of pyridine rings is 1. The number of nitrogens with one attached hydrogen (secondary N) is 1. The highest BCUT2D eigenvalue weighted by molar-refractivity contribution is 9.10. The van der Waals surface area contributed by atoms with Crippen LogP contribution in [-0.2, 0) is 0 Å². The quantitative estimate of drug-likeness (QED) is 0.833. The summed E-state index contributed by atoms with van der Waals surface area (Å²) in [4.78, 5) is 4.19. The Hall–Kier alpha value is -1.13. The Labute approximate surface area is 106 Å². The summed E-state index contributed by atoms with van der Waals surface area (Å²) < 4.78 is 13.6. The van der Waals surface area contributed by atoms with Crippen molar-refractivity contribution in [3.8, 4) is 0 Å². The zero-order valence-electron chi connectivity index (χ0n) is 8.05. The van der Waals surface area contributed by atoms with Gasteiger partial charge in [-0.3, -0.25) is 0 Å². The molecule has 16 heavy (non-hydrogen) atoms. The van der Waals surface area contributed by atoms with Crippen LogP contribution in [0, 0.1) is 5.82 Å². The number of rotatable bonds is 2. The van der Waals surface area contributed by atoms with Crippen LogP contribution in [0.2, 0.25) is 5.02 Å². The van der Waals surface area contributed by atoms with E-state index >= 15 is 0 Å². The van der Waals surface area contributed by atoms with Crippen LogP contribution in [0.25, 0.3) is 0 Å². The van der Waals surface area contributed by atoms with Gasteiger partial charge in [0.1, 0.15) is 16.2 Å². The van der Waals surface area contributed by atoms with Gasteiger partial charge in [0.25, 0.3) is 0 Å². The number of nitrogens with zero attached hydrogens (tertiary/aromatic N) is 1. The third-order valence-electron chi connectivity index (χ3n) is 1.91. The molecular weight excluding hydrogens is 294 g/mol. The Morgan fingerprint density at radius 3 is 2.75 bits per heavy atom. The molecule has 1 aromatic carbocycles. The van der Waals surface area contributed by atoms with Crippen LogP contribution in [0.1, 0.15) is 0 Å². The summed E-state index contributed by atoms with van der Waals surface area (Å²) in [6.07, 6.45) is 0. The fourth-order valence-electron chi connectivity index (χ4n) is 1.20. The SMILES string of the molecule is Fc1ccc(Nc2cccc(Br)n2)cc1Cl. The maximum atomic E-state index is 12.9. The van der Waals surface area contributed by atoms with Crippen LogP contribution >= 0.6 is 27.5 Å². The van der Waals surface area contributed by atoms with Gasteiger partial charge in [-0.1, -0.05) is 17.7 Å². The zero-order chi connectivity index (χ0) is 11.5. The lowest BCUT2D eigenvalue weighted by Gasteiger charge is -2.06. The highest BCUT2D eigenvalue weighted by Gasteiger charge is 2.01. The minimum absolute atomic E-state index is 0.0833. The molecule has 1 heterocycles. The number of halogens is 3. The molecule has 1 N–H and O–H groups in total. The summed E-state index contributed by atoms with van der Waals surface area (Å²) in [5, 5.41) is 3.10. The molecule has 0 atom stereocenters. The second-order valence-corrected chi connectivity index (χ2v) is 4.32. The van der Waals surface area contributed by atoms with Gasteiger partial charge in [0.05, 0.1) is 5.02 Å². The average molecular weight is 302 g/mol. The Kier molecular flexibility index (Phi) is 3.41. The van der Waals surface area contributed by atoms with Crippen molar-refractivity contribution in [2.75, 3.05) is 5.32 Å². The molecule has 0 spiro atoms. The van der Waals surface area contributed by atoms with Gasteiger partial charge in [0.15, 0.2) is 0 Å². The first-order valence-electron chi connectivity index (χ1n) is 4.50. The molecule has 5 heteroatoms. The Morgan fingerprint density at radius 1 is 1.25 bits per heavy atom. The molecular formula is C11H7BrClFN2. The summed E-state index contributed by atoms with van der Waals surface area (Å²) in [7, 11) is 0. The molecule has 0 fully saturated rings. The zero-order valence-corrected chi connectivity index (χ0v) is 10.4. The number of aromatic nitrogens is 1. The molecule has 2 rings (SSSR count). The van der Waals surface area contributed by atoms with Gasteiger partial charge in [-0.05, 0) is 46.3 Å². The molecule has 0 unspecified atom stereocenters. The lowest BCUT2D eigenvalue weighted by atomic mass is 10.3. The first-order valence-corrected chi connectivity index (χ1v) is 5.67. The van der Waals surface area contributed by atoms with Crippen LogP contribution in [0.3, 0.4) is 0 Å². The standard InChI is InChI=1S/C11H7BrClFN2/c12-10-2-1-3-11(16-10)15-7-4-5-9(14)8(13)6-7/h1-6H,(H,15,16). The lowest BCUT2D eigenvalue weighted by Crippen LogP contribution is -1.93. The second-order valence-electron chi connectivity index (χ2n) is 3.10. The van der Waals surface area contributed by atoms with Gasteiger partial charge in [-0.25, -0.2) is 9.37 Å². The van der Waals surface area contributed by atoms with E-state index < -0.39 is 5.82 Å². The van der Waals surface area contributed by atoms with Crippen molar-refractivity contribution < 1.29 is 4.39 Å². The van der Waals surface area contributed by atoms with E-state index in [4.69, 9.17) is 11.6 Å². The summed E-state index contributed by atoms with van der Waals surface area (Å²) >= 11 is 8.93. The normalized spacial score (nSPS) is 10.2. The van der Waals surface area contributed by atoms with E-state index in [0.29, 0.717) is 11.5 Å². The third-order valence-corrected chi connectivity index (χ3v) is 2.64. The van der Waals surface area contributed by atoms with Gasteiger partial charge in [0, 0.05) is 5.69 Å². The third kappa shape index (κ3) is 2.71. The fraction of sp³-hybridized carbons (Fsp3) is 0. The smallest absolute Gasteiger partial charge is 0.141 e. The van der Waals surface area contributed by atoms with Crippen LogP contribution in [0.4, 0.5) is 15.9 Å². The van der Waals surface area contributed by atoms with Crippen LogP contribution in [-0.4, -0.2) is 4.98 Å². The van der Waals surface area contributed by atoms with Gasteiger partial charge in [-0.15, -0.1) is 0 Å². The second kappa shape index (κ2) is 4.80. The summed E-state index contributed by atoms with van der Waals surface area (Å²) in [5.74, 6) is 0.228. The predicted octanol–water partition coefficient (Wildman–Crippen LogP) is 4.38. The Bertz CT molecular complexity index is 519. The van der Waals surface area contributed by atoms with E-state index in [1.807, 2.05) is 18.2 Å². The van der Waals surface area contributed by atoms with Gasteiger partial charge in [0.2, 0.25) is 0 Å². The number of benzene rings is 1. The first-order chi connectivity index (χ1) is 7.65. The van der Waals surface area contributed by atoms with Crippen molar-refractivity contribution in [3.05, 3.63) is 51.8 Å². The highest BCUT2D eigenvalue weighted by atomic mass is 79.9. The maximum absolute atomic E-state index is 12.9. The molecule has 0 aliphatic rings. The molecule has 0 aliphatic carbocycles. The molecule has 2 nitrogen and oxygen atoms in total. The largest absolute Gasteiger partial charge is 0.340 e. The van der Waals surface area contributed by atoms with Crippen molar-refractivity contribution in [2.45, 2.75) is 0 Å². The van der Waals surface area contributed by atoms with E-state index in [-0.39, 0.29) is 5.02 Å². The molecule has 1 aromatic heterocycles. The van der Waals surface area contributed by atoms with Gasteiger partial charge < -0.3 is 5.32 Å².